The van der Waals surface area contributed by atoms with E-state index in [0.717, 1.165) is 18.5 Å². The van der Waals surface area contributed by atoms with Gasteiger partial charge in [0.15, 0.2) is 0 Å². The van der Waals surface area contributed by atoms with Gasteiger partial charge in [-0.25, -0.2) is 0 Å². The summed E-state index contributed by atoms with van der Waals surface area (Å²) in [5, 5.41) is 0. The minimum absolute atomic E-state index is 0.203. The first kappa shape index (κ1) is 6.89. The predicted octanol–water partition coefficient (Wildman–Crippen LogP) is 1.33. The molecular weight excluding hydrogens is 138 g/mol. The largest absolute Gasteiger partial charge is 0.336 e. The van der Waals surface area contributed by atoms with E-state index >= 15 is 0 Å². The molecule has 0 aromatic heterocycles. The Kier molecular flexibility index (Phi) is 1.48. The molecule has 2 saturated heterocycles. The highest BCUT2D eigenvalue weighted by molar-refractivity contribution is 5.95. The molecule has 2 fully saturated rings. The van der Waals surface area contributed by atoms with Crippen molar-refractivity contribution >= 4 is 5.91 Å². The maximum Gasteiger partial charge on any atom is 0.249 e. The van der Waals surface area contributed by atoms with Gasteiger partial charge in [-0.05, 0) is 25.7 Å². The van der Waals surface area contributed by atoms with Crippen LogP contribution in [0.1, 0.15) is 25.7 Å². The number of hydrogen-bond donors (Lipinski definition) is 0. The SMILES string of the molecule is C=C1CC2CCCCN2C1=O. The van der Waals surface area contributed by atoms with Crippen molar-refractivity contribution in [3.8, 4) is 0 Å². The van der Waals surface area contributed by atoms with Gasteiger partial charge in [-0.1, -0.05) is 6.58 Å². The summed E-state index contributed by atoms with van der Waals surface area (Å²) >= 11 is 0. The molecule has 2 heterocycles. The van der Waals surface area contributed by atoms with E-state index in [9.17, 15) is 4.79 Å². The van der Waals surface area contributed by atoms with Gasteiger partial charge in [-0.2, -0.15) is 0 Å². The van der Waals surface area contributed by atoms with E-state index in [2.05, 4.69) is 6.58 Å². The number of piperidine rings is 1. The minimum Gasteiger partial charge on any atom is -0.336 e. The Hall–Kier alpha value is -0.790. The van der Waals surface area contributed by atoms with Crippen LogP contribution in [0, 0.1) is 0 Å². The highest BCUT2D eigenvalue weighted by atomic mass is 16.2. The van der Waals surface area contributed by atoms with Gasteiger partial charge in [0.2, 0.25) is 5.91 Å². The maximum absolute atomic E-state index is 11.4. The highest BCUT2D eigenvalue weighted by Gasteiger charge is 2.34. The number of amides is 1. The van der Waals surface area contributed by atoms with E-state index in [1.54, 1.807) is 0 Å². The van der Waals surface area contributed by atoms with Crippen LogP contribution >= 0.6 is 0 Å². The lowest BCUT2D eigenvalue weighted by Crippen LogP contribution is -2.37. The van der Waals surface area contributed by atoms with E-state index in [1.807, 2.05) is 4.90 Å². The molecule has 0 N–H and O–H groups in total. The van der Waals surface area contributed by atoms with Crippen LogP contribution in [0.2, 0.25) is 0 Å². The Morgan fingerprint density at radius 2 is 2.27 bits per heavy atom. The fraction of sp³-hybridized carbons (Fsp3) is 0.667. The second kappa shape index (κ2) is 2.36. The summed E-state index contributed by atoms with van der Waals surface area (Å²) < 4.78 is 0. The number of hydrogen-bond acceptors (Lipinski definition) is 1. The number of carbonyl (C=O) groups is 1. The minimum atomic E-state index is 0.203. The highest BCUT2D eigenvalue weighted by Crippen LogP contribution is 2.29. The van der Waals surface area contributed by atoms with Crippen molar-refractivity contribution in [3.63, 3.8) is 0 Å². The molecule has 0 spiro atoms. The number of rotatable bonds is 0. The molecule has 2 rings (SSSR count). The van der Waals surface area contributed by atoms with E-state index in [4.69, 9.17) is 0 Å². The average molecular weight is 151 g/mol. The van der Waals surface area contributed by atoms with Gasteiger partial charge >= 0.3 is 0 Å². The average Bonchev–Trinajstić information content (AvgIpc) is 2.30. The first-order chi connectivity index (χ1) is 5.29. The summed E-state index contributed by atoms with van der Waals surface area (Å²) in [6, 6.07) is 0.503. The Labute approximate surface area is 66.9 Å². The van der Waals surface area contributed by atoms with Gasteiger partial charge in [-0.3, -0.25) is 4.79 Å². The van der Waals surface area contributed by atoms with E-state index in [1.165, 1.54) is 19.3 Å². The van der Waals surface area contributed by atoms with Crippen molar-refractivity contribution in [2.24, 2.45) is 0 Å². The maximum atomic E-state index is 11.4. The summed E-state index contributed by atoms with van der Waals surface area (Å²) in [5.41, 5.74) is 0.817. The summed E-state index contributed by atoms with van der Waals surface area (Å²) in [4.78, 5) is 13.4. The lowest BCUT2D eigenvalue weighted by molar-refractivity contribution is -0.127. The first-order valence-corrected chi connectivity index (χ1v) is 4.28. The van der Waals surface area contributed by atoms with Crippen LogP contribution in [0.25, 0.3) is 0 Å². The molecule has 1 amide bonds. The lowest BCUT2D eigenvalue weighted by Gasteiger charge is -2.28. The fourth-order valence-corrected chi connectivity index (χ4v) is 2.05. The van der Waals surface area contributed by atoms with Crippen LogP contribution in [-0.4, -0.2) is 23.4 Å². The molecule has 2 heteroatoms. The lowest BCUT2D eigenvalue weighted by atomic mass is 10.0. The Bertz CT molecular complexity index is 210. The molecule has 0 aromatic rings. The van der Waals surface area contributed by atoms with Crippen LogP contribution in [0.15, 0.2) is 12.2 Å². The van der Waals surface area contributed by atoms with Crippen molar-refractivity contribution in [1.82, 2.24) is 4.90 Å². The molecule has 0 aliphatic carbocycles. The van der Waals surface area contributed by atoms with E-state index in [-0.39, 0.29) is 5.91 Å². The second-order valence-corrected chi connectivity index (χ2v) is 3.46. The number of nitrogens with zero attached hydrogens (tertiary/aromatic N) is 1. The number of carbonyl (C=O) groups excluding carboxylic acids is 1. The zero-order valence-electron chi connectivity index (χ0n) is 6.68. The summed E-state index contributed by atoms with van der Waals surface area (Å²) in [7, 11) is 0. The third-order valence-corrected chi connectivity index (χ3v) is 2.67. The third-order valence-electron chi connectivity index (χ3n) is 2.67. The van der Waals surface area contributed by atoms with E-state index < -0.39 is 0 Å². The molecule has 0 aromatic carbocycles. The van der Waals surface area contributed by atoms with Gasteiger partial charge in [0, 0.05) is 18.2 Å². The molecule has 2 aliphatic heterocycles. The molecule has 11 heavy (non-hydrogen) atoms. The van der Waals surface area contributed by atoms with Crippen molar-refractivity contribution in [3.05, 3.63) is 12.2 Å². The van der Waals surface area contributed by atoms with Crippen LogP contribution in [0.3, 0.4) is 0 Å². The first-order valence-electron chi connectivity index (χ1n) is 4.28. The molecule has 60 valence electrons. The quantitative estimate of drug-likeness (QED) is 0.478. The van der Waals surface area contributed by atoms with Gasteiger partial charge in [0.1, 0.15) is 0 Å². The summed E-state index contributed by atoms with van der Waals surface area (Å²) in [5.74, 6) is 0.203. The molecular formula is C9H13NO. The van der Waals surface area contributed by atoms with Gasteiger partial charge in [-0.15, -0.1) is 0 Å². The van der Waals surface area contributed by atoms with Crippen molar-refractivity contribution in [2.75, 3.05) is 6.54 Å². The van der Waals surface area contributed by atoms with Gasteiger partial charge in [0.25, 0.3) is 0 Å². The standard InChI is InChI=1S/C9H13NO/c1-7-6-8-4-2-3-5-10(8)9(7)11/h8H,1-6H2. The smallest absolute Gasteiger partial charge is 0.249 e. The number of fused-ring (bicyclic) bond motifs is 1. The molecule has 0 bridgehead atoms. The van der Waals surface area contributed by atoms with Crippen molar-refractivity contribution in [1.29, 1.82) is 0 Å². The Morgan fingerprint density at radius 3 is 3.00 bits per heavy atom. The molecule has 0 radical (unpaired) electrons. The van der Waals surface area contributed by atoms with Crippen molar-refractivity contribution in [2.45, 2.75) is 31.7 Å². The predicted molar refractivity (Wildman–Crippen MR) is 43.1 cm³/mol. The van der Waals surface area contributed by atoms with Crippen LogP contribution < -0.4 is 0 Å². The molecule has 1 unspecified atom stereocenters. The zero-order valence-corrected chi connectivity index (χ0v) is 6.68. The Balaban J connectivity index is 2.18. The van der Waals surface area contributed by atoms with Crippen LogP contribution in [0.4, 0.5) is 0 Å². The summed E-state index contributed by atoms with van der Waals surface area (Å²) in [6.45, 7) is 4.73. The molecule has 2 nitrogen and oxygen atoms in total. The topological polar surface area (TPSA) is 20.3 Å². The fourth-order valence-electron chi connectivity index (χ4n) is 2.05. The monoisotopic (exact) mass is 151 g/mol. The molecule has 0 saturated carbocycles. The van der Waals surface area contributed by atoms with Gasteiger partial charge in [0.05, 0.1) is 0 Å². The van der Waals surface area contributed by atoms with Crippen LogP contribution in [0.5, 0.6) is 0 Å². The second-order valence-electron chi connectivity index (χ2n) is 3.46. The van der Waals surface area contributed by atoms with Crippen LogP contribution in [-0.2, 0) is 4.79 Å². The Morgan fingerprint density at radius 1 is 1.45 bits per heavy atom. The molecule has 1 atom stereocenters. The normalized spacial score (nSPS) is 30.9. The van der Waals surface area contributed by atoms with Crippen molar-refractivity contribution < 1.29 is 4.79 Å². The third kappa shape index (κ3) is 0.971. The van der Waals surface area contributed by atoms with Gasteiger partial charge < -0.3 is 4.90 Å². The summed E-state index contributed by atoms with van der Waals surface area (Å²) in [6.07, 6.45) is 4.56. The van der Waals surface area contributed by atoms with E-state index in [0.29, 0.717) is 6.04 Å². The zero-order chi connectivity index (χ0) is 7.84. The molecule has 2 aliphatic rings.